The van der Waals surface area contributed by atoms with Gasteiger partial charge in [-0.2, -0.15) is 0 Å². The van der Waals surface area contributed by atoms with Gasteiger partial charge in [-0.3, -0.25) is 5.32 Å². The SMILES string of the molecule is CC(C)(C)C1CCC(OC(=O)Nc2ccc(C(=O)O)c(O)c2)CC1. The zero-order chi connectivity index (χ0) is 17.9. The molecule has 0 unspecified atom stereocenters. The Kier molecular flexibility index (Phi) is 5.36. The summed E-state index contributed by atoms with van der Waals surface area (Å²) < 4.78 is 5.43. The Morgan fingerprint density at radius 2 is 1.79 bits per heavy atom. The predicted molar refractivity (Wildman–Crippen MR) is 90.4 cm³/mol. The maximum Gasteiger partial charge on any atom is 0.411 e. The molecule has 1 aromatic rings. The van der Waals surface area contributed by atoms with E-state index >= 15 is 0 Å². The van der Waals surface area contributed by atoms with Crippen molar-refractivity contribution in [2.75, 3.05) is 5.32 Å². The number of phenols is 1. The molecule has 24 heavy (non-hydrogen) atoms. The molecule has 0 radical (unpaired) electrons. The minimum absolute atomic E-state index is 0.101. The van der Waals surface area contributed by atoms with E-state index in [2.05, 4.69) is 26.1 Å². The fourth-order valence-corrected chi connectivity index (χ4v) is 3.14. The van der Waals surface area contributed by atoms with Gasteiger partial charge in [0.2, 0.25) is 0 Å². The Balaban J connectivity index is 1.86. The Morgan fingerprint density at radius 3 is 2.29 bits per heavy atom. The summed E-state index contributed by atoms with van der Waals surface area (Å²) in [7, 11) is 0. The molecule has 0 spiro atoms. The van der Waals surface area contributed by atoms with E-state index in [1.807, 2.05) is 0 Å². The predicted octanol–water partition coefficient (Wildman–Crippen LogP) is 4.24. The molecule has 1 amide bonds. The number of rotatable bonds is 3. The lowest BCUT2D eigenvalue weighted by Crippen LogP contribution is -2.31. The summed E-state index contributed by atoms with van der Waals surface area (Å²) in [6.07, 6.45) is 3.08. The third kappa shape index (κ3) is 4.63. The summed E-state index contributed by atoms with van der Waals surface area (Å²) in [4.78, 5) is 22.8. The molecule has 1 fully saturated rings. The van der Waals surface area contributed by atoms with Crippen molar-refractivity contribution >= 4 is 17.7 Å². The van der Waals surface area contributed by atoms with Gasteiger partial charge in [0.25, 0.3) is 0 Å². The molecule has 0 aromatic heterocycles. The maximum absolute atomic E-state index is 12.0. The van der Waals surface area contributed by atoms with Crippen LogP contribution in [0.4, 0.5) is 10.5 Å². The van der Waals surface area contributed by atoms with E-state index in [9.17, 15) is 14.7 Å². The van der Waals surface area contributed by atoms with Crippen molar-refractivity contribution in [3.05, 3.63) is 23.8 Å². The summed E-state index contributed by atoms with van der Waals surface area (Å²) in [6, 6.07) is 3.85. The van der Waals surface area contributed by atoms with Gasteiger partial charge in [-0.05, 0) is 49.1 Å². The molecule has 1 saturated carbocycles. The standard InChI is InChI=1S/C18H25NO5/c1-18(2,3)11-4-7-13(8-5-11)24-17(23)19-12-6-9-14(16(21)22)15(20)10-12/h6,9-11,13,20H,4-5,7-8H2,1-3H3,(H,19,23)(H,21,22). The van der Waals surface area contributed by atoms with Crippen LogP contribution in [0.3, 0.4) is 0 Å². The van der Waals surface area contributed by atoms with Gasteiger partial charge in [-0.1, -0.05) is 20.8 Å². The third-order valence-electron chi connectivity index (χ3n) is 4.65. The molecule has 0 saturated heterocycles. The van der Waals surface area contributed by atoms with Crippen LogP contribution in [0, 0.1) is 11.3 Å². The number of benzene rings is 1. The van der Waals surface area contributed by atoms with E-state index in [-0.39, 0.29) is 17.1 Å². The van der Waals surface area contributed by atoms with Crippen LogP contribution in [0.15, 0.2) is 18.2 Å². The molecule has 1 aliphatic carbocycles. The van der Waals surface area contributed by atoms with Gasteiger partial charge in [-0.15, -0.1) is 0 Å². The molecular weight excluding hydrogens is 310 g/mol. The first-order chi connectivity index (χ1) is 11.2. The molecule has 0 atom stereocenters. The van der Waals surface area contributed by atoms with E-state index in [4.69, 9.17) is 9.84 Å². The maximum atomic E-state index is 12.0. The van der Waals surface area contributed by atoms with Crippen LogP contribution in [-0.4, -0.2) is 28.4 Å². The van der Waals surface area contributed by atoms with Gasteiger partial charge in [0, 0.05) is 11.8 Å². The number of aromatic hydroxyl groups is 1. The monoisotopic (exact) mass is 335 g/mol. The van der Waals surface area contributed by atoms with Gasteiger partial charge in [0.05, 0.1) is 0 Å². The molecule has 132 valence electrons. The van der Waals surface area contributed by atoms with Crippen molar-refractivity contribution in [2.45, 2.75) is 52.6 Å². The number of anilines is 1. The lowest BCUT2D eigenvalue weighted by Gasteiger charge is -2.36. The Labute approximate surface area is 141 Å². The molecule has 6 nitrogen and oxygen atoms in total. The first-order valence-corrected chi connectivity index (χ1v) is 8.20. The lowest BCUT2D eigenvalue weighted by atomic mass is 9.72. The lowest BCUT2D eigenvalue weighted by molar-refractivity contribution is 0.0528. The highest BCUT2D eigenvalue weighted by atomic mass is 16.6. The largest absolute Gasteiger partial charge is 0.507 e. The third-order valence-corrected chi connectivity index (χ3v) is 4.65. The number of amides is 1. The molecule has 0 aliphatic heterocycles. The second-order valence-electron chi connectivity index (χ2n) is 7.41. The smallest absolute Gasteiger partial charge is 0.411 e. The minimum atomic E-state index is -1.22. The Morgan fingerprint density at radius 1 is 1.17 bits per heavy atom. The summed E-state index contributed by atoms with van der Waals surface area (Å²) >= 11 is 0. The van der Waals surface area contributed by atoms with Crippen molar-refractivity contribution < 1.29 is 24.5 Å². The number of hydrogen-bond acceptors (Lipinski definition) is 4. The zero-order valence-electron chi connectivity index (χ0n) is 14.3. The van der Waals surface area contributed by atoms with Crippen molar-refractivity contribution in [1.82, 2.24) is 0 Å². The van der Waals surface area contributed by atoms with E-state index in [1.54, 1.807) is 0 Å². The molecular formula is C18H25NO5. The van der Waals surface area contributed by atoms with Crippen LogP contribution in [0.1, 0.15) is 56.8 Å². The fraction of sp³-hybridized carbons (Fsp3) is 0.556. The van der Waals surface area contributed by atoms with E-state index in [1.165, 1.54) is 18.2 Å². The number of carboxylic acids is 1. The molecule has 2 rings (SSSR count). The number of carbonyl (C=O) groups is 2. The Hall–Kier alpha value is -2.24. The van der Waals surface area contributed by atoms with Crippen molar-refractivity contribution in [1.29, 1.82) is 0 Å². The average Bonchev–Trinajstić information content (AvgIpc) is 2.46. The van der Waals surface area contributed by atoms with Gasteiger partial charge < -0.3 is 14.9 Å². The van der Waals surface area contributed by atoms with Crippen molar-refractivity contribution in [3.8, 4) is 5.75 Å². The molecule has 0 heterocycles. The minimum Gasteiger partial charge on any atom is -0.507 e. The average molecular weight is 335 g/mol. The van der Waals surface area contributed by atoms with Crippen LogP contribution >= 0.6 is 0 Å². The quantitative estimate of drug-likeness (QED) is 0.767. The number of nitrogens with one attached hydrogen (secondary N) is 1. The second-order valence-corrected chi connectivity index (χ2v) is 7.41. The molecule has 3 N–H and O–H groups in total. The summed E-state index contributed by atoms with van der Waals surface area (Å²) in [6.45, 7) is 6.70. The van der Waals surface area contributed by atoms with E-state index in [0.717, 1.165) is 25.7 Å². The van der Waals surface area contributed by atoms with E-state index < -0.39 is 17.8 Å². The highest BCUT2D eigenvalue weighted by Gasteiger charge is 2.31. The first-order valence-electron chi connectivity index (χ1n) is 8.20. The topological polar surface area (TPSA) is 95.9 Å². The van der Waals surface area contributed by atoms with Crippen molar-refractivity contribution in [3.63, 3.8) is 0 Å². The molecule has 1 aromatic carbocycles. The second kappa shape index (κ2) is 7.11. The highest BCUT2D eigenvalue weighted by Crippen LogP contribution is 2.38. The van der Waals surface area contributed by atoms with Crippen LogP contribution in [0.2, 0.25) is 0 Å². The number of ether oxygens (including phenoxy) is 1. The van der Waals surface area contributed by atoms with Gasteiger partial charge >= 0.3 is 12.1 Å². The number of carboxylic acid groups (broad SMARTS) is 1. The summed E-state index contributed by atoms with van der Waals surface area (Å²) in [5.41, 5.74) is 0.358. The van der Waals surface area contributed by atoms with Crippen LogP contribution < -0.4 is 5.32 Å². The van der Waals surface area contributed by atoms with Gasteiger partial charge in [-0.25, -0.2) is 9.59 Å². The highest BCUT2D eigenvalue weighted by molar-refractivity contribution is 5.92. The number of hydrogen-bond donors (Lipinski definition) is 3. The normalized spacial score (nSPS) is 21.1. The zero-order valence-corrected chi connectivity index (χ0v) is 14.3. The van der Waals surface area contributed by atoms with Crippen LogP contribution in [-0.2, 0) is 4.74 Å². The first kappa shape index (κ1) is 18.1. The molecule has 1 aliphatic rings. The summed E-state index contributed by atoms with van der Waals surface area (Å²) in [5.74, 6) is -0.982. The van der Waals surface area contributed by atoms with Crippen molar-refractivity contribution in [2.24, 2.45) is 11.3 Å². The summed E-state index contributed by atoms with van der Waals surface area (Å²) in [5, 5.41) is 21.0. The van der Waals surface area contributed by atoms with Crippen LogP contribution in [0.25, 0.3) is 0 Å². The van der Waals surface area contributed by atoms with Gasteiger partial charge in [0.15, 0.2) is 0 Å². The number of carbonyl (C=O) groups excluding carboxylic acids is 1. The molecule has 0 bridgehead atoms. The van der Waals surface area contributed by atoms with E-state index in [0.29, 0.717) is 11.6 Å². The fourth-order valence-electron chi connectivity index (χ4n) is 3.14. The van der Waals surface area contributed by atoms with Crippen LogP contribution in [0.5, 0.6) is 5.75 Å². The molecule has 6 heteroatoms. The number of aromatic carboxylic acids is 1. The Bertz CT molecular complexity index is 612. The van der Waals surface area contributed by atoms with Gasteiger partial charge in [0.1, 0.15) is 17.4 Å².